The van der Waals surface area contributed by atoms with Gasteiger partial charge in [0.2, 0.25) is 0 Å². The smallest absolute Gasteiger partial charge is 0.416 e. The molecule has 2 aliphatic rings. The van der Waals surface area contributed by atoms with Gasteiger partial charge >= 0.3 is 12.2 Å². The van der Waals surface area contributed by atoms with Crippen molar-refractivity contribution in [3.8, 4) is 5.75 Å². The van der Waals surface area contributed by atoms with Crippen LogP contribution in [0.25, 0.3) is 0 Å². The molecule has 4 rings (SSSR count). The van der Waals surface area contributed by atoms with Crippen molar-refractivity contribution < 1.29 is 37.4 Å². The number of benzene rings is 2. The molecule has 8 nitrogen and oxygen atoms in total. The number of nitrogens with zero attached hydrogens (tertiary/aromatic N) is 2. The molecular formula is C22H22F3N3O5. The summed E-state index contributed by atoms with van der Waals surface area (Å²) in [6.45, 7) is 1.06. The maximum atomic E-state index is 13.8. The predicted octanol–water partition coefficient (Wildman–Crippen LogP) is 3.21. The molecule has 176 valence electrons. The third kappa shape index (κ3) is 4.74. The summed E-state index contributed by atoms with van der Waals surface area (Å²) in [6, 6.07) is 8.04. The van der Waals surface area contributed by atoms with E-state index in [0.717, 1.165) is 6.07 Å². The summed E-state index contributed by atoms with van der Waals surface area (Å²) < 4.78 is 52.5. The van der Waals surface area contributed by atoms with Crippen molar-refractivity contribution in [3.05, 3.63) is 64.7 Å². The summed E-state index contributed by atoms with van der Waals surface area (Å²) in [6.07, 6.45) is -4.62. The average molecular weight is 465 g/mol. The Hall–Kier alpha value is -3.31. The van der Waals surface area contributed by atoms with Crippen LogP contribution in [0.5, 0.6) is 5.75 Å². The van der Waals surface area contributed by atoms with E-state index in [0.29, 0.717) is 31.9 Å². The highest BCUT2D eigenvalue weighted by molar-refractivity contribution is 5.93. The number of halogens is 3. The van der Waals surface area contributed by atoms with Crippen LogP contribution >= 0.6 is 0 Å². The molecular weight excluding hydrogens is 443 g/mol. The first-order valence-electron chi connectivity index (χ1n) is 10.3. The van der Waals surface area contributed by atoms with Crippen LogP contribution in [0.2, 0.25) is 0 Å². The molecule has 0 aliphatic carbocycles. The topological polar surface area (TPSA) is 91.3 Å². The van der Waals surface area contributed by atoms with E-state index in [1.54, 1.807) is 11.0 Å². The van der Waals surface area contributed by atoms with Crippen LogP contribution in [-0.2, 0) is 17.5 Å². The quantitative estimate of drug-likeness (QED) is 0.525. The number of urea groups is 1. The van der Waals surface area contributed by atoms with Crippen molar-refractivity contribution in [2.24, 2.45) is 0 Å². The molecule has 2 aliphatic heterocycles. The molecule has 0 unspecified atom stereocenters. The van der Waals surface area contributed by atoms with E-state index in [2.05, 4.69) is 0 Å². The molecule has 2 aromatic carbocycles. The zero-order valence-electron chi connectivity index (χ0n) is 17.5. The molecule has 0 bridgehead atoms. The number of ether oxygens (including phenoxy) is 2. The van der Waals surface area contributed by atoms with Crippen LogP contribution in [0.4, 0.5) is 18.0 Å². The van der Waals surface area contributed by atoms with Gasteiger partial charge in [-0.2, -0.15) is 13.2 Å². The Labute approximate surface area is 187 Å². The summed E-state index contributed by atoms with van der Waals surface area (Å²) in [5.41, 5.74) is 1.24. The first kappa shape index (κ1) is 22.9. The number of nitrogens with one attached hydrogen (secondary N) is 1. The van der Waals surface area contributed by atoms with Crippen molar-refractivity contribution in [1.29, 1.82) is 0 Å². The lowest BCUT2D eigenvalue weighted by Crippen LogP contribution is -2.49. The van der Waals surface area contributed by atoms with Gasteiger partial charge < -0.3 is 19.3 Å². The molecule has 33 heavy (non-hydrogen) atoms. The van der Waals surface area contributed by atoms with Gasteiger partial charge in [-0.25, -0.2) is 10.3 Å². The summed E-state index contributed by atoms with van der Waals surface area (Å²) in [5, 5.41) is 8.89. The van der Waals surface area contributed by atoms with Gasteiger partial charge in [-0.1, -0.05) is 24.3 Å². The minimum atomic E-state index is -4.62. The van der Waals surface area contributed by atoms with Gasteiger partial charge in [-0.3, -0.25) is 10.0 Å². The Morgan fingerprint density at radius 3 is 2.52 bits per heavy atom. The Kier molecular flexibility index (Phi) is 6.43. The average Bonchev–Trinajstić information content (AvgIpc) is 3.02. The van der Waals surface area contributed by atoms with Gasteiger partial charge in [0, 0.05) is 24.2 Å². The van der Waals surface area contributed by atoms with Gasteiger partial charge in [-0.05, 0) is 23.8 Å². The number of carbonyl (C=O) groups excluding carboxylic acids is 2. The van der Waals surface area contributed by atoms with Crippen LogP contribution in [-0.4, -0.2) is 59.9 Å². The van der Waals surface area contributed by atoms with Gasteiger partial charge in [0.1, 0.15) is 12.4 Å². The van der Waals surface area contributed by atoms with E-state index in [9.17, 15) is 22.8 Å². The number of morpholine rings is 1. The summed E-state index contributed by atoms with van der Waals surface area (Å²) in [4.78, 5) is 28.1. The predicted molar refractivity (Wildman–Crippen MR) is 109 cm³/mol. The molecule has 0 aromatic heterocycles. The summed E-state index contributed by atoms with van der Waals surface area (Å²) in [5.74, 6) is -0.506. The standard InChI is InChI=1S/C22H22F3N3O5/c23-22(24,25)17-4-2-1-3-16(17)18-13-33-19-11-14(20(29)26-31)5-6-15(19)12-28(18)21(30)27-7-9-32-10-8-27/h1-6,11,18,31H,7-10,12-13H2,(H,26,29)/t18-/m1/s1. The number of hydrogen-bond donors (Lipinski definition) is 2. The Balaban J connectivity index is 1.76. The maximum absolute atomic E-state index is 13.8. The number of rotatable bonds is 2. The highest BCUT2D eigenvalue weighted by Crippen LogP contribution is 2.39. The fourth-order valence-corrected chi connectivity index (χ4v) is 4.02. The van der Waals surface area contributed by atoms with Crippen LogP contribution in [0, 0.1) is 0 Å². The molecule has 1 atom stereocenters. The van der Waals surface area contributed by atoms with E-state index in [1.807, 2.05) is 0 Å². The molecule has 1 fully saturated rings. The van der Waals surface area contributed by atoms with Gasteiger partial charge in [0.25, 0.3) is 5.91 Å². The van der Waals surface area contributed by atoms with Crippen molar-refractivity contribution in [3.63, 3.8) is 0 Å². The van der Waals surface area contributed by atoms with Crippen molar-refractivity contribution in [1.82, 2.24) is 15.3 Å². The number of amides is 3. The Morgan fingerprint density at radius 1 is 1.09 bits per heavy atom. The number of carbonyl (C=O) groups is 2. The second-order valence-electron chi connectivity index (χ2n) is 7.69. The molecule has 0 saturated carbocycles. The van der Waals surface area contributed by atoms with Crippen LogP contribution in [0.3, 0.4) is 0 Å². The van der Waals surface area contributed by atoms with E-state index in [1.165, 1.54) is 40.7 Å². The normalized spacial score (nSPS) is 18.7. The molecule has 3 amide bonds. The molecule has 2 heterocycles. The van der Waals surface area contributed by atoms with E-state index < -0.39 is 29.7 Å². The minimum Gasteiger partial charge on any atom is -0.491 e. The lowest BCUT2D eigenvalue weighted by molar-refractivity contribution is -0.138. The van der Waals surface area contributed by atoms with Crippen LogP contribution in [0.1, 0.15) is 33.1 Å². The molecule has 2 aromatic rings. The number of fused-ring (bicyclic) bond motifs is 1. The van der Waals surface area contributed by atoms with Crippen LogP contribution < -0.4 is 10.2 Å². The highest BCUT2D eigenvalue weighted by atomic mass is 19.4. The second kappa shape index (κ2) is 9.28. The zero-order valence-corrected chi connectivity index (χ0v) is 17.5. The largest absolute Gasteiger partial charge is 0.491 e. The van der Waals surface area contributed by atoms with Crippen molar-refractivity contribution in [2.75, 3.05) is 32.9 Å². The first-order chi connectivity index (χ1) is 15.8. The molecule has 2 N–H and O–H groups in total. The maximum Gasteiger partial charge on any atom is 0.416 e. The van der Waals surface area contributed by atoms with E-state index in [-0.39, 0.29) is 30.0 Å². The van der Waals surface area contributed by atoms with Crippen molar-refractivity contribution >= 4 is 11.9 Å². The number of hydroxylamine groups is 1. The number of hydrogen-bond acceptors (Lipinski definition) is 5. The van der Waals surface area contributed by atoms with Gasteiger partial charge in [0.05, 0.1) is 31.4 Å². The molecule has 0 radical (unpaired) electrons. The fourth-order valence-electron chi connectivity index (χ4n) is 4.02. The van der Waals surface area contributed by atoms with E-state index >= 15 is 0 Å². The molecule has 1 saturated heterocycles. The van der Waals surface area contributed by atoms with E-state index in [4.69, 9.17) is 14.7 Å². The third-order valence-electron chi connectivity index (χ3n) is 5.70. The molecule has 0 spiro atoms. The van der Waals surface area contributed by atoms with Crippen LogP contribution in [0.15, 0.2) is 42.5 Å². The Bertz CT molecular complexity index is 1040. The SMILES string of the molecule is O=C(NO)c1ccc2c(c1)OC[C@H](c1ccccc1C(F)(F)F)N(C(=O)N1CCOCC1)C2. The summed E-state index contributed by atoms with van der Waals surface area (Å²) >= 11 is 0. The molecule has 11 heteroatoms. The summed E-state index contributed by atoms with van der Waals surface area (Å²) in [7, 11) is 0. The monoisotopic (exact) mass is 465 g/mol. The highest BCUT2D eigenvalue weighted by Gasteiger charge is 2.40. The first-order valence-corrected chi connectivity index (χ1v) is 10.3. The van der Waals surface area contributed by atoms with Gasteiger partial charge in [-0.15, -0.1) is 0 Å². The minimum absolute atomic E-state index is 0.0244. The number of alkyl halides is 3. The lowest BCUT2D eigenvalue weighted by atomic mass is 9.98. The fraction of sp³-hybridized carbons (Fsp3) is 0.364. The second-order valence-corrected chi connectivity index (χ2v) is 7.69. The van der Waals surface area contributed by atoms with Gasteiger partial charge in [0.15, 0.2) is 0 Å². The lowest BCUT2D eigenvalue weighted by Gasteiger charge is -2.37. The zero-order chi connectivity index (χ0) is 23.6. The Morgan fingerprint density at radius 2 is 1.82 bits per heavy atom. The third-order valence-corrected chi connectivity index (χ3v) is 5.70. The van der Waals surface area contributed by atoms with Crippen molar-refractivity contribution in [2.45, 2.75) is 18.8 Å².